The summed E-state index contributed by atoms with van der Waals surface area (Å²) in [5.41, 5.74) is 5.91. The number of aromatic nitrogens is 2. The van der Waals surface area contributed by atoms with Crippen LogP contribution in [0.5, 0.6) is 0 Å². The van der Waals surface area contributed by atoms with Crippen molar-refractivity contribution in [2.45, 2.75) is 38.6 Å². The minimum absolute atomic E-state index is 0.111. The van der Waals surface area contributed by atoms with Gasteiger partial charge in [-0.1, -0.05) is 18.5 Å². The van der Waals surface area contributed by atoms with Gasteiger partial charge in [0.05, 0.1) is 6.04 Å². The number of thioether (sulfide) groups is 1. The van der Waals surface area contributed by atoms with Crippen LogP contribution in [0.25, 0.3) is 0 Å². The van der Waals surface area contributed by atoms with E-state index in [1.165, 1.54) is 0 Å². The summed E-state index contributed by atoms with van der Waals surface area (Å²) in [5, 5.41) is 3.91. The number of rotatable bonds is 7. The summed E-state index contributed by atoms with van der Waals surface area (Å²) < 4.78 is 5.13. The van der Waals surface area contributed by atoms with Crippen LogP contribution in [0.3, 0.4) is 0 Å². The minimum atomic E-state index is -0.111. The Kier molecular flexibility index (Phi) is 5.71. The first-order valence-electron chi connectivity index (χ1n) is 5.35. The molecule has 0 bridgehead atoms. The van der Waals surface area contributed by atoms with E-state index in [4.69, 9.17) is 10.3 Å². The van der Waals surface area contributed by atoms with Crippen molar-refractivity contribution < 1.29 is 4.52 Å². The second-order valence-electron chi connectivity index (χ2n) is 3.54. The molecule has 0 aromatic carbocycles. The summed E-state index contributed by atoms with van der Waals surface area (Å²) in [6.45, 7) is 2.14. The van der Waals surface area contributed by atoms with E-state index < -0.39 is 0 Å². The van der Waals surface area contributed by atoms with E-state index in [1.54, 1.807) is 11.8 Å². The molecule has 0 fully saturated rings. The Labute approximate surface area is 95.0 Å². The molecule has 0 saturated heterocycles. The average Bonchev–Trinajstić information content (AvgIpc) is 2.71. The molecule has 0 aliphatic heterocycles. The Morgan fingerprint density at radius 2 is 2.33 bits per heavy atom. The quantitative estimate of drug-likeness (QED) is 0.776. The van der Waals surface area contributed by atoms with Crippen molar-refractivity contribution in [2.24, 2.45) is 5.73 Å². The van der Waals surface area contributed by atoms with Crippen molar-refractivity contribution in [2.75, 3.05) is 12.0 Å². The lowest BCUT2D eigenvalue weighted by Gasteiger charge is -2.03. The van der Waals surface area contributed by atoms with E-state index in [1.807, 2.05) is 0 Å². The molecule has 1 atom stereocenters. The third kappa shape index (κ3) is 4.22. The van der Waals surface area contributed by atoms with Crippen LogP contribution in [0.15, 0.2) is 4.52 Å². The van der Waals surface area contributed by atoms with E-state index in [9.17, 15) is 0 Å². The molecule has 0 aliphatic carbocycles. The summed E-state index contributed by atoms with van der Waals surface area (Å²) in [7, 11) is 0. The third-order valence-corrected chi connectivity index (χ3v) is 2.83. The second-order valence-corrected chi connectivity index (χ2v) is 4.53. The maximum atomic E-state index is 5.91. The van der Waals surface area contributed by atoms with Gasteiger partial charge in [0.2, 0.25) is 5.89 Å². The van der Waals surface area contributed by atoms with Gasteiger partial charge in [-0.05, 0) is 24.9 Å². The fourth-order valence-electron chi connectivity index (χ4n) is 1.22. The van der Waals surface area contributed by atoms with Crippen molar-refractivity contribution in [3.05, 3.63) is 11.7 Å². The molecule has 0 radical (unpaired) electrons. The number of unbranched alkanes of at least 4 members (excludes halogenated alkanes) is 1. The maximum absolute atomic E-state index is 5.91. The van der Waals surface area contributed by atoms with Crippen LogP contribution in [0.1, 0.15) is 43.9 Å². The SMILES string of the molecule is CCCCc1noc(C(N)CCSC)n1. The average molecular weight is 229 g/mol. The predicted octanol–water partition coefficient (Wildman–Crippen LogP) is 2.17. The highest BCUT2D eigenvalue weighted by atomic mass is 32.2. The molecule has 1 aromatic rings. The lowest BCUT2D eigenvalue weighted by Crippen LogP contribution is -2.11. The smallest absolute Gasteiger partial charge is 0.243 e. The first-order valence-corrected chi connectivity index (χ1v) is 6.74. The Balaban J connectivity index is 2.43. The number of nitrogens with zero attached hydrogens (tertiary/aromatic N) is 2. The van der Waals surface area contributed by atoms with Crippen molar-refractivity contribution in [3.8, 4) is 0 Å². The highest BCUT2D eigenvalue weighted by Crippen LogP contribution is 2.14. The molecule has 2 N–H and O–H groups in total. The van der Waals surface area contributed by atoms with Crippen LogP contribution in [0.4, 0.5) is 0 Å². The van der Waals surface area contributed by atoms with Gasteiger partial charge >= 0.3 is 0 Å². The van der Waals surface area contributed by atoms with Crippen molar-refractivity contribution in [1.82, 2.24) is 10.1 Å². The summed E-state index contributed by atoms with van der Waals surface area (Å²) in [6.07, 6.45) is 6.07. The lowest BCUT2D eigenvalue weighted by molar-refractivity contribution is 0.348. The summed E-state index contributed by atoms with van der Waals surface area (Å²) in [5.74, 6) is 2.38. The van der Waals surface area contributed by atoms with Gasteiger partial charge in [-0.25, -0.2) is 0 Å². The Hall–Kier alpha value is -0.550. The maximum Gasteiger partial charge on any atom is 0.243 e. The summed E-state index contributed by atoms with van der Waals surface area (Å²) in [6, 6.07) is -0.111. The van der Waals surface area contributed by atoms with Crippen LogP contribution in [0.2, 0.25) is 0 Å². The van der Waals surface area contributed by atoms with Gasteiger partial charge in [-0.2, -0.15) is 16.7 Å². The number of hydrogen-bond donors (Lipinski definition) is 1. The van der Waals surface area contributed by atoms with Crippen LogP contribution in [-0.2, 0) is 6.42 Å². The monoisotopic (exact) mass is 229 g/mol. The van der Waals surface area contributed by atoms with Crippen molar-refractivity contribution in [1.29, 1.82) is 0 Å². The molecule has 4 nitrogen and oxygen atoms in total. The Morgan fingerprint density at radius 3 is 3.00 bits per heavy atom. The Bertz CT molecular complexity index is 277. The Morgan fingerprint density at radius 1 is 1.53 bits per heavy atom. The highest BCUT2D eigenvalue weighted by Gasteiger charge is 2.13. The number of nitrogens with two attached hydrogens (primary N) is 1. The first kappa shape index (κ1) is 12.5. The van der Waals surface area contributed by atoms with Crippen LogP contribution in [0, 0.1) is 0 Å². The van der Waals surface area contributed by atoms with Gasteiger partial charge in [0.1, 0.15) is 0 Å². The largest absolute Gasteiger partial charge is 0.338 e. The van der Waals surface area contributed by atoms with E-state index in [2.05, 4.69) is 23.3 Å². The molecular formula is C10H19N3OS. The first-order chi connectivity index (χ1) is 7.27. The van der Waals surface area contributed by atoms with Crippen LogP contribution < -0.4 is 5.73 Å². The standard InChI is InChI=1S/C10H19N3OS/c1-3-4-5-9-12-10(14-13-9)8(11)6-7-15-2/h8H,3-7,11H2,1-2H3. The zero-order valence-corrected chi connectivity index (χ0v) is 10.2. The van der Waals surface area contributed by atoms with Crippen LogP contribution in [-0.4, -0.2) is 22.1 Å². The third-order valence-electron chi connectivity index (χ3n) is 2.19. The minimum Gasteiger partial charge on any atom is -0.338 e. The predicted molar refractivity (Wildman–Crippen MR) is 62.8 cm³/mol. The van der Waals surface area contributed by atoms with Gasteiger partial charge in [0, 0.05) is 6.42 Å². The van der Waals surface area contributed by atoms with E-state index in [-0.39, 0.29) is 6.04 Å². The molecule has 1 heterocycles. The normalized spacial score (nSPS) is 13.0. The molecular weight excluding hydrogens is 210 g/mol. The molecule has 0 amide bonds. The van der Waals surface area contributed by atoms with Crippen molar-refractivity contribution >= 4 is 11.8 Å². The highest BCUT2D eigenvalue weighted by molar-refractivity contribution is 7.98. The van der Waals surface area contributed by atoms with Gasteiger partial charge < -0.3 is 10.3 Å². The number of aryl methyl sites for hydroxylation is 1. The zero-order chi connectivity index (χ0) is 11.1. The van der Waals surface area contributed by atoms with E-state index in [0.29, 0.717) is 5.89 Å². The van der Waals surface area contributed by atoms with Gasteiger partial charge in [0.15, 0.2) is 5.82 Å². The fourth-order valence-corrected chi connectivity index (χ4v) is 1.71. The molecule has 86 valence electrons. The molecule has 0 spiro atoms. The number of hydrogen-bond acceptors (Lipinski definition) is 5. The summed E-state index contributed by atoms with van der Waals surface area (Å²) >= 11 is 1.78. The van der Waals surface area contributed by atoms with Gasteiger partial charge in [0.25, 0.3) is 0 Å². The van der Waals surface area contributed by atoms with Crippen LogP contribution >= 0.6 is 11.8 Å². The molecule has 1 unspecified atom stereocenters. The molecule has 5 heteroatoms. The second kappa shape index (κ2) is 6.85. The molecule has 1 rings (SSSR count). The van der Waals surface area contributed by atoms with Gasteiger partial charge in [-0.15, -0.1) is 0 Å². The van der Waals surface area contributed by atoms with E-state index >= 15 is 0 Å². The lowest BCUT2D eigenvalue weighted by atomic mass is 10.2. The van der Waals surface area contributed by atoms with E-state index in [0.717, 1.165) is 37.3 Å². The van der Waals surface area contributed by atoms with Crippen molar-refractivity contribution in [3.63, 3.8) is 0 Å². The molecule has 15 heavy (non-hydrogen) atoms. The zero-order valence-electron chi connectivity index (χ0n) is 9.40. The van der Waals surface area contributed by atoms with Gasteiger partial charge in [-0.3, -0.25) is 0 Å². The fraction of sp³-hybridized carbons (Fsp3) is 0.800. The molecule has 0 saturated carbocycles. The molecule has 0 aliphatic rings. The summed E-state index contributed by atoms with van der Waals surface area (Å²) in [4.78, 5) is 4.29. The molecule has 1 aromatic heterocycles. The topological polar surface area (TPSA) is 64.9 Å².